The van der Waals surface area contributed by atoms with E-state index in [1.807, 2.05) is 43.3 Å². The molecule has 2 rings (SSSR count). The lowest BCUT2D eigenvalue weighted by Gasteiger charge is -2.11. The van der Waals surface area contributed by atoms with E-state index in [-0.39, 0.29) is 5.95 Å². The van der Waals surface area contributed by atoms with E-state index in [1.54, 1.807) is 11.8 Å². The second-order valence-corrected chi connectivity index (χ2v) is 5.89. The predicted molar refractivity (Wildman–Crippen MR) is 82.3 cm³/mol. The van der Waals surface area contributed by atoms with Crippen molar-refractivity contribution in [1.82, 2.24) is 15.0 Å². The first-order valence-corrected chi connectivity index (χ1v) is 7.39. The Bertz CT molecular complexity index is 576. The minimum Gasteiger partial charge on any atom is -0.368 e. The monoisotopic (exact) mass is 339 g/mol. The Labute approximate surface area is 124 Å². The highest BCUT2D eigenvalue weighted by atomic mass is 79.9. The van der Waals surface area contributed by atoms with Crippen LogP contribution in [0.25, 0.3) is 0 Å². The zero-order valence-corrected chi connectivity index (χ0v) is 13.1. The van der Waals surface area contributed by atoms with Crippen molar-refractivity contribution in [3.63, 3.8) is 0 Å². The maximum atomic E-state index is 5.69. The molecule has 1 heterocycles. The lowest BCUT2D eigenvalue weighted by atomic mass is 10.4. The van der Waals surface area contributed by atoms with Gasteiger partial charge in [-0.3, -0.25) is 0 Å². The van der Waals surface area contributed by atoms with Crippen LogP contribution in [0.4, 0.5) is 11.9 Å². The second-order valence-electron chi connectivity index (χ2n) is 4.02. The fraction of sp³-hybridized carbons (Fsp3) is 0.250. The SMILES string of the molecule is CN(C)c1nc(N)nc(CSc2ccccc2Br)n1. The zero-order chi connectivity index (χ0) is 13.8. The summed E-state index contributed by atoms with van der Waals surface area (Å²) >= 11 is 5.17. The van der Waals surface area contributed by atoms with Crippen LogP contribution in [0.2, 0.25) is 0 Å². The van der Waals surface area contributed by atoms with Crippen molar-refractivity contribution in [3.8, 4) is 0 Å². The molecule has 0 fully saturated rings. The number of benzene rings is 1. The predicted octanol–water partition coefficient (Wildman–Crippen LogP) is 2.57. The summed E-state index contributed by atoms with van der Waals surface area (Å²) in [5.41, 5.74) is 5.69. The normalized spacial score (nSPS) is 10.5. The molecule has 19 heavy (non-hydrogen) atoms. The van der Waals surface area contributed by atoms with Gasteiger partial charge in [-0.05, 0) is 28.1 Å². The molecule has 0 unspecified atom stereocenters. The van der Waals surface area contributed by atoms with Crippen molar-refractivity contribution in [2.75, 3.05) is 24.7 Å². The molecule has 0 amide bonds. The highest BCUT2D eigenvalue weighted by Gasteiger charge is 2.07. The number of hydrogen-bond donors (Lipinski definition) is 1. The average Bonchev–Trinajstić information content (AvgIpc) is 2.37. The number of aromatic nitrogens is 3. The van der Waals surface area contributed by atoms with E-state index in [4.69, 9.17) is 5.73 Å². The molecule has 100 valence electrons. The third kappa shape index (κ3) is 3.81. The summed E-state index contributed by atoms with van der Waals surface area (Å²) in [7, 11) is 3.75. The number of nitrogen functional groups attached to an aromatic ring is 1. The van der Waals surface area contributed by atoms with Crippen LogP contribution >= 0.6 is 27.7 Å². The van der Waals surface area contributed by atoms with E-state index in [1.165, 1.54) is 0 Å². The van der Waals surface area contributed by atoms with Gasteiger partial charge in [0.05, 0.1) is 5.75 Å². The van der Waals surface area contributed by atoms with E-state index < -0.39 is 0 Å². The molecule has 0 bridgehead atoms. The fourth-order valence-electron chi connectivity index (χ4n) is 1.39. The van der Waals surface area contributed by atoms with E-state index in [0.717, 1.165) is 9.37 Å². The summed E-state index contributed by atoms with van der Waals surface area (Å²) in [6, 6.07) is 8.04. The standard InChI is InChI=1S/C12H14BrN5S/c1-18(2)12-16-10(15-11(14)17-12)7-19-9-6-4-3-5-8(9)13/h3-6H,7H2,1-2H3,(H2,14,15,16,17). The smallest absolute Gasteiger partial charge is 0.229 e. The Morgan fingerprint density at radius 1 is 1.21 bits per heavy atom. The first-order chi connectivity index (χ1) is 9.06. The van der Waals surface area contributed by atoms with E-state index >= 15 is 0 Å². The van der Waals surface area contributed by atoms with Gasteiger partial charge in [0.25, 0.3) is 0 Å². The van der Waals surface area contributed by atoms with Crippen molar-refractivity contribution in [1.29, 1.82) is 0 Å². The Hall–Kier alpha value is -1.34. The van der Waals surface area contributed by atoms with Gasteiger partial charge in [-0.2, -0.15) is 15.0 Å². The van der Waals surface area contributed by atoms with Gasteiger partial charge in [0.15, 0.2) is 0 Å². The van der Waals surface area contributed by atoms with Crippen LogP contribution in [-0.4, -0.2) is 29.0 Å². The summed E-state index contributed by atoms with van der Waals surface area (Å²) in [6.45, 7) is 0. The summed E-state index contributed by atoms with van der Waals surface area (Å²) < 4.78 is 1.06. The van der Waals surface area contributed by atoms with Gasteiger partial charge in [0, 0.05) is 23.5 Å². The summed E-state index contributed by atoms with van der Waals surface area (Å²) in [5.74, 6) is 2.16. The molecule has 1 aromatic heterocycles. The Morgan fingerprint density at radius 2 is 1.95 bits per heavy atom. The Morgan fingerprint density at radius 3 is 2.63 bits per heavy atom. The molecular weight excluding hydrogens is 326 g/mol. The van der Waals surface area contributed by atoms with Gasteiger partial charge in [0.2, 0.25) is 11.9 Å². The second kappa shape index (κ2) is 6.21. The van der Waals surface area contributed by atoms with Crippen molar-refractivity contribution in [2.24, 2.45) is 0 Å². The quantitative estimate of drug-likeness (QED) is 0.863. The molecule has 1 aromatic carbocycles. The van der Waals surface area contributed by atoms with Crippen molar-refractivity contribution >= 4 is 39.6 Å². The number of hydrogen-bond acceptors (Lipinski definition) is 6. The van der Waals surface area contributed by atoms with Crippen molar-refractivity contribution in [2.45, 2.75) is 10.6 Å². The van der Waals surface area contributed by atoms with Gasteiger partial charge < -0.3 is 10.6 Å². The van der Waals surface area contributed by atoms with Gasteiger partial charge in [0.1, 0.15) is 5.82 Å². The zero-order valence-electron chi connectivity index (χ0n) is 10.7. The molecule has 0 spiro atoms. The third-order valence-electron chi connectivity index (χ3n) is 2.28. The van der Waals surface area contributed by atoms with E-state index in [9.17, 15) is 0 Å². The van der Waals surface area contributed by atoms with Gasteiger partial charge in [-0.25, -0.2) is 0 Å². The highest BCUT2D eigenvalue weighted by Crippen LogP contribution is 2.29. The molecule has 0 saturated heterocycles. The Kier molecular flexibility index (Phi) is 4.60. The van der Waals surface area contributed by atoms with Crippen molar-refractivity contribution in [3.05, 3.63) is 34.6 Å². The topological polar surface area (TPSA) is 67.9 Å². The van der Waals surface area contributed by atoms with Crippen LogP contribution in [0.15, 0.2) is 33.6 Å². The summed E-state index contributed by atoms with van der Waals surface area (Å²) in [6.07, 6.45) is 0. The van der Waals surface area contributed by atoms with Crippen LogP contribution in [0, 0.1) is 0 Å². The molecule has 0 radical (unpaired) electrons. The molecule has 0 saturated carbocycles. The lowest BCUT2D eigenvalue weighted by Crippen LogP contribution is -2.15. The molecule has 5 nitrogen and oxygen atoms in total. The molecule has 7 heteroatoms. The molecule has 2 aromatic rings. The lowest BCUT2D eigenvalue weighted by molar-refractivity contribution is 0.919. The van der Waals surface area contributed by atoms with E-state index in [2.05, 4.69) is 30.9 Å². The average molecular weight is 340 g/mol. The largest absolute Gasteiger partial charge is 0.368 e. The molecule has 0 aliphatic rings. The maximum absolute atomic E-state index is 5.69. The third-order valence-corrected chi connectivity index (χ3v) is 4.30. The van der Waals surface area contributed by atoms with Crippen LogP contribution in [0.3, 0.4) is 0 Å². The molecule has 0 aliphatic heterocycles. The first kappa shape index (κ1) is 14.1. The molecule has 2 N–H and O–H groups in total. The number of nitrogens with zero attached hydrogens (tertiary/aromatic N) is 4. The number of anilines is 2. The van der Waals surface area contributed by atoms with Crippen LogP contribution < -0.4 is 10.6 Å². The first-order valence-electron chi connectivity index (χ1n) is 5.61. The number of rotatable bonds is 4. The van der Waals surface area contributed by atoms with Crippen LogP contribution in [0.5, 0.6) is 0 Å². The van der Waals surface area contributed by atoms with Gasteiger partial charge >= 0.3 is 0 Å². The fourth-order valence-corrected chi connectivity index (χ4v) is 2.82. The number of thioether (sulfide) groups is 1. The molecular formula is C12H14BrN5S. The maximum Gasteiger partial charge on any atom is 0.229 e. The van der Waals surface area contributed by atoms with Crippen LogP contribution in [0.1, 0.15) is 5.82 Å². The minimum atomic E-state index is 0.251. The molecule has 0 aliphatic carbocycles. The number of halogens is 1. The molecule has 0 atom stereocenters. The highest BCUT2D eigenvalue weighted by molar-refractivity contribution is 9.10. The van der Waals surface area contributed by atoms with Gasteiger partial charge in [-0.1, -0.05) is 12.1 Å². The van der Waals surface area contributed by atoms with Gasteiger partial charge in [-0.15, -0.1) is 11.8 Å². The Balaban J connectivity index is 2.14. The summed E-state index contributed by atoms with van der Waals surface area (Å²) in [4.78, 5) is 15.5. The van der Waals surface area contributed by atoms with Crippen molar-refractivity contribution < 1.29 is 0 Å². The van der Waals surface area contributed by atoms with Crippen LogP contribution in [-0.2, 0) is 5.75 Å². The minimum absolute atomic E-state index is 0.251. The van der Waals surface area contributed by atoms with E-state index in [0.29, 0.717) is 17.5 Å². The number of nitrogens with two attached hydrogens (primary N) is 1. The summed E-state index contributed by atoms with van der Waals surface area (Å²) in [5, 5.41) is 0.